The molecule has 0 saturated carbocycles. The standard InChI is InChI=1S/C19H27NO2/c1-15(2)18(12-6-10-16-8-4-3-5-9-16)19(22)20-13-7-11-17(20)14-21/h3-5,8-9,14-15,17-18H,6-7,10-13H2,1-2H3/t17-,18?/m0/s1. The minimum absolute atomic E-state index is 0.0317. The summed E-state index contributed by atoms with van der Waals surface area (Å²) in [7, 11) is 0. The second-order valence-electron chi connectivity index (χ2n) is 6.61. The molecule has 0 aliphatic carbocycles. The third-order valence-electron chi connectivity index (χ3n) is 4.68. The van der Waals surface area contributed by atoms with E-state index in [1.54, 1.807) is 4.90 Å². The van der Waals surface area contributed by atoms with Crippen molar-refractivity contribution in [3.8, 4) is 0 Å². The van der Waals surface area contributed by atoms with E-state index in [-0.39, 0.29) is 17.9 Å². The van der Waals surface area contributed by atoms with Crippen molar-refractivity contribution in [3.63, 3.8) is 0 Å². The lowest BCUT2D eigenvalue weighted by atomic mass is 9.88. The number of benzene rings is 1. The van der Waals surface area contributed by atoms with Crippen LogP contribution in [0.2, 0.25) is 0 Å². The van der Waals surface area contributed by atoms with E-state index in [2.05, 4.69) is 38.1 Å². The molecule has 120 valence electrons. The van der Waals surface area contributed by atoms with Crippen LogP contribution in [0.5, 0.6) is 0 Å². The Kier molecular flexibility index (Phi) is 6.17. The van der Waals surface area contributed by atoms with E-state index in [1.165, 1.54) is 5.56 Å². The Hall–Kier alpha value is -1.64. The maximum Gasteiger partial charge on any atom is 0.226 e. The van der Waals surface area contributed by atoms with E-state index in [0.29, 0.717) is 5.92 Å². The molecule has 0 radical (unpaired) electrons. The third kappa shape index (κ3) is 4.19. The topological polar surface area (TPSA) is 37.4 Å². The van der Waals surface area contributed by atoms with Crippen molar-refractivity contribution in [1.82, 2.24) is 4.90 Å². The molecule has 0 N–H and O–H groups in total. The monoisotopic (exact) mass is 301 g/mol. The number of likely N-dealkylation sites (tertiary alicyclic amines) is 1. The van der Waals surface area contributed by atoms with Crippen LogP contribution in [0.25, 0.3) is 0 Å². The molecule has 1 aliphatic heterocycles. The van der Waals surface area contributed by atoms with Crippen molar-refractivity contribution in [3.05, 3.63) is 35.9 Å². The summed E-state index contributed by atoms with van der Waals surface area (Å²) in [5, 5.41) is 0. The number of aldehydes is 1. The molecule has 0 aromatic heterocycles. The molecule has 3 nitrogen and oxygen atoms in total. The molecule has 1 fully saturated rings. The minimum Gasteiger partial charge on any atom is -0.333 e. The lowest BCUT2D eigenvalue weighted by molar-refractivity contribution is -0.140. The lowest BCUT2D eigenvalue weighted by Gasteiger charge is -2.28. The largest absolute Gasteiger partial charge is 0.333 e. The first-order valence-corrected chi connectivity index (χ1v) is 8.43. The predicted molar refractivity (Wildman–Crippen MR) is 88.5 cm³/mol. The molecule has 1 aromatic carbocycles. The van der Waals surface area contributed by atoms with E-state index in [0.717, 1.165) is 44.9 Å². The van der Waals surface area contributed by atoms with Gasteiger partial charge < -0.3 is 9.69 Å². The van der Waals surface area contributed by atoms with Gasteiger partial charge in [-0.2, -0.15) is 0 Å². The van der Waals surface area contributed by atoms with Crippen LogP contribution in [0.3, 0.4) is 0 Å². The fraction of sp³-hybridized carbons (Fsp3) is 0.579. The first-order valence-electron chi connectivity index (χ1n) is 8.43. The Morgan fingerprint density at radius 2 is 2.05 bits per heavy atom. The van der Waals surface area contributed by atoms with Crippen molar-refractivity contribution in [1.29, 1.82) is 0 Å². The Bertz CT molecular complexity index is 483. The molecule has 2 atom stereocenters. The summed E-state index contributed by atoms with van der Waals surface area (Å²) < 4.78 is 0. The van der Waals surface area contributed by atoms with Gasteiger partial charge in [-0.15, -0.1) is 0 Å². The zero-order chi connectivity index (χ0) is 15.9. The first-order chi connectivity index (χ1) is 10.6. The summed E-state index contributed by atoms with van der Waals surface area (Å²) in [5.41, 5.74) is 1.32. The third-order valence-corrected chi connectivity index (χ3v) is 4.68. The minimum atomic E-state index is -0.192. The molecule has 1 amide bonds. The molecule has 3 heteroatoms. The smallest absolute Gasteiger partial charge is 0.226 e. The van der Waals surface area contributed by atoms with Gasteiger partial charge in [0.15, 0.2) is 0 Å². The highest BCUT2D eigenvalue weighted by Crippen LogP contribution is 2.25. The average molecular weight is 301 g/mol. The summed E-state index contributed by atoms with van der Waals surface area (Å²) >= 11 is 0. The second-order valence-corrected chi connectivity index (χ2v) is 6.61. The Morgan fingerprint density at radius 3 is 2.68 bits per heavy atom. The van der Waals surface area contributed by atoms with Gasteiger partial charge in [0.1, 0.15) is 6.29 Å². The Morgan fingerprint density at radius 1 is 1.32 bits per heavy atom. The maximum absolute atomic E-state index is 12.8. The van der Waals surface area contributed by atoms with E-state index in [9.17, 15) is 9.59 Å². The van der Waals surface area contributed by atoms with Gasteiger partial charge in [-0.05, 0) is 43.6 Å². The Balaban J connectivity index is 1.92. The van der Waals surface area contributed by atoms with E-state index in [4.69, 9.17) is 0 Å². The number of rotatable bonds is 7. The number of hydrogen-bond acceptors (Lipinski definition) is 2. The van der Waals surface area contributed by atoms with Crippen LogP contribution in [0.4, 0.5) is 0 Å². The number of hydrogen-bond donors (Lipinski definition) is 0. The van der Waals surface area contributed by atoms with Crippen LogP contribution in [0.1, 0.15) is 45.1 Å². The fourth-order valence-corrected chi connectivity index (χ4v) is 3.33. The summed E-state index contributed by atoms with van der Waals surface area (Å²) in [6, 6.07) is 10.2. The highest BCUT2D eigenvalue weighted by molar-refractivity contribution is 5.82. The van der Waals surface area contributed by atoms with Crippen LogP contribution in [-0.4, -0.2) is 29.7 Å². The van der Waals surface area contributed by atoms with Crippen LogP contribution in [-0.2, 0) is 16.0 Å². The highest BCUT2D eigenvalue weighted by atomic mass is 16.2. The number of nitrogens with zero attached hydrogens (tertiary/aromatic N) is 1. The van der Waals surface area contributed by atoms with Gasteiger partial charge in [-0.1, -0.05) is 44.2 Å². The summed E-state index contributed by atoms with van der Waals surface area (Å²) in [5.74, 6) is 0.526. The van der Waals surface area contributed by atoms with Crippen molar-refractivity contribution in [2.75, 3.05) is 6.54 Å². The van der Waals surface area contributed by atoms with Gasteiger partial charge in [0.25, 0.3) is 0 Å². The summed E-state index contributed by atoms with van der Waals surface area (Å²) in [6.07, 6.45) is 5.63. The summed E-state index contributed by atoms with van der Waals surface area (Å²) in [6.45, 7) is 4.96. The fourth-order valence-electron chi connectivity index (χ4n) is 3.33. The van der Waals surface area contributed by atoms with Gasteiger partial charge in [0, 0.05) is 12.5 Å². The second kappa shape index (κ2) is 8.11. The summed E-state index contributed by atoms with van der Waals surface area (Å²) in [4.78, 5) is 25.7. The quantitative estimate of drug-likeness (QED) is 0.723. The molecule has 22 heavy (non-hydrogen) atoms. The maximum atomic E-state index is 12.8. The van der Waals surface area contributed by atoms with E-state index >= 15 is 0 Å². The normalized spacial score (nSPS) is 19.4. The molecule has 2 rings (SSSR count). The molecule has 1 aliphatic rings. The van der Waals surface area contributed by atoms with E-state index < -0.39 is 0 Å². The van der Waals surface area contributed by atoms with Gasteiger partial charge >= 0.3 is 0 Å². The molecule has 1 unspecified atom stereocenters. The van der Waals surface area contributed by atoms with Gasteiger partial charge in [0.2, 0.25) is 5.91 Å². The van der Waals surface area contributed by atoms with Gasteiger partial charge in [0.05, 0.1) is 6.04 Å². The molecule has 0 bridgehead atoms. The predicted octanol–water partition coefficient (Wildman–Crippen LogP) is 3.47. The van der Waals surface area contributed by atoms with Crippen LogP contribution in [0.15, 0.2) is 30.3 Å². The van der Waals surface area contributed by atoms with Crippen LogP contribution in [0, 0.1) is 11.8 Å². The molecule has 1 saturated heterocycles. The number of carbonyl (C=O) groups excluding carboxylic acids is 2. The molecular weight excluding hydrogens is 274 g/mol. The zero-order valence-corrected chi connectivity index (χ0v) is 13.7. The molecule has 1 aromatic rings. The lowest BCUT2D eigenvalue weighted by Crippen LogP contribution is -2.42. The van der Waals surface area contributed by atoms with Crippen LogP contribution < -0.4 is 0 Å². The van der Waals surface area contributed by atoms with Gasteiger partial charge in [-0.25, -0.2) is 0 Å². The van der Waals surface area contributed by atoms with Gasteiger partial charge in [-0.3, -0.25) is 4.79 Å². The number of carbonyl (C=O) groups is 2. The SMILES string of the molecule is CC(C)C(CCCc1ccccc1)C(=O)N1CCC[C@H]1C=O. The van der Waals surface area contributed by atoms with Crippen LogP contribution >= 0.6 is 0 Å². The molecular formula is C19H27NO2. The molecule has 1 heterocycles. The molecule has 0 spiro atoms. The highest BCUT2D eigenvalue weighted by Gasteiger charge is 2.33. The van der Waals surface area contributed by atoms with Crippen molar-refractivity contribution in [2.45, 2.75) is 52.0 Å². The number of aryl methyl sites for hydroxylation is 1. The van der Waals surface area contributed by atoms with Crippen molar-refractivity contribution < 1.29 is 9.59 Å². The first kappa shape index (κ1) is 16.7. The van der Waals surface area contributed by atoms with E-state index in [1.807, 2.05) is 6.07 Å². The van der Waals surface area contributed by atoms with Crippen molar-refractivity contribution in [2.24, 2.45) is 11.8 Å². The average Bonchev–Trinajstić information content (AvgIpc) is 3.00. The Labute approximate surface area is 133 Å². The zero-order valence-electron chi connectivity index (χ0n) is 13.7. The van der Waals surface area contributed by atoms with Crippen molar-refractivity contribution >= 4 is 12.2 Å². The number of amides is 1.